The summed E-state index contributed by atoms with van der Waals surface area (Å²) in [6.07, 6.45) is -1.15. The van der Waals surface area contributed by atoms with Gasteiger partial charge < -0.3 is 9.84 Å². The summed E-state index contributed by atoms with van der Waals surface area (Å²) >= 11 is 0. The van der Waals surface area contributed by atoms with Gasteiger partial charge in [-0.05, 0) is 13.8 Å². The maximum absolute atomic E-state index is 10.4. The molecule has 11 heavy (non-hydrogen) atoms. The minimum atomic E-state index is -1.38. The smallest absolute Gasteiger partial charge is 0.214 e. The molecule has 0 bridgehead atoms. The molecule has 0 heterocycles. The topological polar surface area (TPSA) is 63.6 Å². The quantitative estimate of drug-likeness (QED) is 0.570. The molecular formula is C7H12O4. The molecule has 0 spiro atoms. The summed E-state index contributed by atoms with van der Waals surface area (Å²) in [5.74, 6) is -0.477. The zero-order valence-electron chi connectivity index (χ0n) is 6.66. The SMILES string of the molecule is CC(=O)CCOC(O)C(C)=O. The van der Waals surface area contributed by atoms with Crippen molar-refractivity contribution in [2.45, 2.75) is 26.6 Å². The van der Waals surface area contributed by atoms with Crippen molar-refractivity contribution in [3.8, 4) is 0 Å². The van der Waals surface area contributed by atoms with Crippen molar-refractivity contribution in [3.05, 3.63) is 0 Å². The zero-order chi connectivity index (χ0) is 8.85. The highest BCUT2D eigenvalue weighted by molar-refractivity contribution is 5.78. The number of carbonyl (C=O) groups excluding carboxylic acids is 2. The molecular weight excluding hydrogens is 148 g/mol. The minimum absolute atomic E-state index is 0.0271. The van der Waals surface area contributed by atoms with Crippen LogP contribution in [-0.4, -0.2) is 29.6 Å². The van der Waals surface area contributed by atoms with E-state index in [4.69, 9.17) is 5.11 Å². The molecule has 0 aromatic rings. The average Bonchev–Trinajstić information content (AvgIpc) is 1.86. The van der Waals surface area contributed by atoms with E-state index in [0.717, 1.165) is 0 Å². The van der Waals surface area contributed by atoms with Gasteiger partial charge in [-0.3, -0.25) is 9.59 Å². The summed E-state index contributed by atoms with van der Waals surface area (Å²) in [6, 6.07) is 0. The molecule has 0 aliphatic rings. The molecule has 1 unspecified atom stereocenters. The highest BCUT2D eigenvalue weighted by atomic mass is 16.6. The van der Waals surface area contributed by atoms with Crippen LogP contribution in [0.15, 0.2) is 0 Å². The third-order valence-electron chi connectivity index (χ3n) is 1.08. The summed E-state index contributed by atoms with van der Waals surface area (Å²) in [5.41, 5.74) is 0. The lowest BCUT2D eigenvalue weighted by molar-refractivity contribution is -0.154. The van der Waals surface area contributed by atoms with Gasteiger partial charge in [-0.2, -0.15) is 0 Å². The second kappa shape index (κ2) is 4.98. The first-order valence-corrected chi connectivity index (χ1v) is 3.33. The number of rotatable bonds is 5. The van der Waals surface area contributed by atoms with E-state index in [0.29, 0.717) is 0 Å². The Bertz CT molecular complexity index is 153. The highest BCUT2D eigenvalue weighted by Crippen LogP contribution is 1.91. The van der Waals surface area contributed by atoms with E-state index in [1.165, 1.54) is 13.8 Å². The number of hydrogen-bond acceptors (Lipinski definition) is 4. The fraction of sp³-hybridized carbons (Fsp3) is 0.714. The first kappa shape index (κ1) is 10.3. The van der Waals surface area contributed by atoms with Gasteiger partial charge >= 0.3 is 0 Å². The monoisotopic (exact) mass is 160 g/mol. The maximum atomic E-state index is 10.4. The van der Waals surface area contributed by atoms with Gasteiger partial charge in [-0.1, -0.05) is 0 Å². The Labute approximate surface area is 65.2 Å². The van der Waals surface area contributed by atoms with Crippen molar-refractivity contribution in [2.75, 3.05) is 6.61 Å². The second-order valence-electron chi connectivity index (χ2n) is 2.29. The molecule has 4 nitrogen and oxygen atoms in total. The molecule has 0 amide bonds. The van der Waals surface area contributed by atoms with Crippen LogP contribution in [0.25, 0.3) is 0 Å². The highest BCUT2D eigenvalue weighted by Gasteiger charge is 2.08. The molecule has 4 heteroatoms. The van der Waals surface area contributed by atoms with Gasteiger partial charge in [-0.15, -0.1) is 0 Å². The Morgan fingerprint density at radius 2 is 2.00 bits per heavy atom. The lowest BCUT2D eigenvalue weighted by Gasteiger charge is -2.06. The Hall–Kier alpha value is -0.740. The van der Waals surface area contributed by atoms with Gasteiger partial charge in [0, 0.05) is 6.42 Å². The molecule has 0 saturated heterocycles. The van der Waals surface area contributed by atoms with E-state index in [1.54, 1.807) is 0 Å². The summed E-state index contributed by atoms with van der Waals surface area (Å²) in [6.45, 7) is 2.73. The van der Waals surface area contributed by atoms with Crippen molar-refractivity contribution in [1.29, 1.82) is 0 Å². The molecule has 0 saturated carbocycles. The Morgan fingerprint density at radius 3 is 2.36 bits per heavy atom. The van der Waals surface area contributed by atoms with Gasteiger partial charge in [0.1, 0.15) is 5.78 Å². The molecule has 0 aliphatic carbocycles. The van der Waals surface area contributed by atoms with Crippen molar-refractivity contribution in [3.63, 3.8) is 0 Å². The van der Waals surface area contributed by atoms with Gasteiger partial charge in [0.25, 0.3) is 0 Å². The van der Waals surface area contributed by atoms with E-state index < -0.39 is 12.1 Å². The molecule has 1 atom stereocenters. The molecule has 0 aromatic carbocycles. The normalized spacial score (nSPS) is 12.6. The number of Topliss-reactive ketones (excluding diaryl/α,β-unsaturated/α-hetero) is 2. The predicted octanol–water partition coefficient (Wildman–Crippen LogP) is -0.111. The van der Waals surface area contributed by atoms with Gasteiger partial charge in [0.05, 0.1) is 6.61 Å². The molecule has 0 radical (unpaired) electrons. The van der Waals surface area contributed by atoms with Crippen molar-refractivity contribution in [1.82, 2.24) is 0 Å². The number of aliphatic hydroxyl groups excluding tert-OH is 1. The largest absolute Gasteiger partial charge is 0.362 e. The molecule has 0 aliphatic heterocycles. The molecule has 0 aromatic heterocycles. The first-order chi connectivity index (χ1) is 5.04. The van der Waals surface area contributed by atoms with Gasteiger partial charge in [0.2, 0.25) is 6.29 Å². The van der Waals surface area contributed by atoms with Crippen LogP contribution in [-0.2, 0) is 14.3 Å². The minimum Gasteiger partial charge on any atom is -0.362 e. The van der Waals surface area contributed by atoms with Crippen LogP contribution in [0, 0.1) is 0 Å². The maximum Gasteiger partial charge on any atom is 0.214 e. The van der Waals surface area contributed by atoms with Crippen molar-refractivity contribution in [2.24, 2.45) is 0 Å². The Balaban J connectivity index is 3.39. The number of ketones is 2. The molecule has 1 N–H and O–H groups in total. The Morgan fingerprint density at radius 1 is 1.45 bits per heavy atom. The summed E-state index contributed by atoms with van der Waals surface area (Å²) in [7, 11) is 0. The molecule has 0 rings (SSSR count). The van der Waals surface area contributed by atoms with Crippen molar-refractivity contribution < 1.29 is 19.4 Å². The van der Waals surface area contributed by atoms with Crippen LogP contribution in [0.4, 0.5) is 0 Å². The number of ether oxygens (including phenoxy) is 1. The van der Waals surface area contributed by atoms with Crippen LogP contribution in [0.2, 0.25) is 0 Å². The van der Waals surface area contributed by atoms with Gasteiger partial charge in [-0.25, -0.2) is 0 Å². The lowest BCUT2D eigenvalue weighted by atomic mass is 10.3. The predicted molar refractivity (Wildman–Crippen MR) is 37.9 cm³/mol. The Kier molecular flexibility index (Phi) is 4.65. The summed E-state index contributed by atoms with van der Waals surface area (Å²) < 4.78 is 4.60. The number of aliphatic hydroxyl groups is 1. The zero-order valence-corrected chi connectivity index (χ0v) is 6.66. The van der Waals surface area contributed by atoms with Crippen LogP contribution in [0.1, 0.15) is 20.3 Å². The van der Waals surface area contributed by atoms with E-state index in [-0.39, 0.29) is 18.8 Å². The fourth-order valence-corrected chi connectivity index (χ4v) is 0.432. The van der Waals surface area contributed by atoms with E-state index in [1.807, 2.05) is 0 Å². The number of hydrogen-bond donors (Lipinski definition) is 1. The molecule has 64 valence electrons. The third kappa shape index (κ3) is 5.69. The van der Waals surface area contributed by atoms with Gasteiger partial charge in [0.15, 0.2) is 5.78 Å². The van der Waals surface area contributed by atoms with Crippen LogP contribution in [0.3, 0.4) is 0 Å². The van der Waals surface area contributed by atoms with E-state index >= 15 is 0 Å². The standard InChI is InChI=1S/C7H12O4/c1-5(8)3-4-11-7(10)6(2)9/h7,10H,3-4H2,1-2H3. The number of carbonyl (C=O) groups is 2. The van der Waals surface area contributed by atoms with Crippen LogP contribution >= 0.6 is 0 Å². The van der Waals surface area contributed by atoms with Crippen LogP contribution in [0.5, 0.6) is 0 Å². The fourth-order valence-electron chi connectivity index (χ4n) is 0.432. The second-order valence-corrected chi connectivity index (χ2v) is 2.29. The third-order valence-corrected chi connectivity index (χ3v) is 1.08. The first-order valence-electron chi connectivity index (χ1n) is 3.33. The summed E-state index contributed by atoms with van der Waals surface area (Å²) in [5, 5.41) is 8.76. The van der Waals surface area contributed by atoms with E-state index in [2.05, 4.69) is 4.74 Å². The van der Waals surface area contributed by atoms with Crippen molar-refractivity contribution >= 4 is 11.6 Å². The summed E-state index contributed by atoms with van der Waals surface area (Å²) in [4.78, 5) is 20.7. The average molecular weight is 160 g/mol. The lowest BCUT2D eigenvalue weighted by Crippen LogP contribution is -2.21. The van der Waals surface area contributed by atoms with E-state index in [9.17, 15) is 9.59 Å². The van der Waals surface area contributed by atoms with Crippen LogP contribution < -0.4 is 0 Å². The molecule has 0 fully saturated rings.